The van der Waals surface area contributed by atoms with Crippen molar-refractivity contribution in [1.29, 1.82) is 0 Å². The number of nitrogens with zero attached hydrogens (tertiary/aromatic N) is 5. The van der Waals surface area contributed by atoms with Crippen molar-refractivity contribution in [1.82, 2.24) is 19.8 Å². The number of piperidine rings is 1. The van der Waals surface area contributed by atoms with Gasteiger partial charge in [0, 0.05) is 13.1 Å². The zero-order chi connectivity index (χ0) is 21.2. The molecule has 0 bridgehead atoms. The second-order valence-corrected chi connectivity index (χ2v) is 7.59. The maximum atomic E-state index is 14.2. The van der Waals surface area contributed by atoms with E-state index in [4.69, 9.17) is 4.74 Å². The lowest BCUT2D eigenvalue weighted by atomic mass is 10.1. The first kappa shape index (κ1) is 19.6. The molecule has 0 radical (unpaired) electrons. The minimum atomic E-state index is -0.358. The van der Waals surface area contributed by atoms with Crippen LogP contribution in [0.2, 0.25) is 0 Å². The molecular formula is C23H21F2N5O. The first-order valence-corrected chi connectivity index (χ1v) is 10.3. The summed E-state index contributed by atoms with van der Waals surface area (Å²) in [7, 11) is 0. The van der Waals surface area contributed by atoms with E-state index < -0.39 is 0 Å². The lowest BCUT2D eigenvalue weighted by molar-refractivity contribution is 0.0250. The Bertz CT molecular complexity index is 1190. The van der Waals surface area contributed by atoms with Crippen molar-refractivity contribution < 1.29 is 13.5 Å². The van der Waals surface area contributed by atoms with Gasteiger partial charge in [-0.25, -0.2) is 8.78 Å². The molecular weight excluding hydrogens is 400 g/mol. The van der Waals surface area contributed by atoms with Gasteiger partial charge in [-0.1, -0.05) is 24.3 Å². The molecule has 158 valence electrons. The van der Waals surface area contributed by atoms with Crippen molar-refractivity contribution in [3.8, 4) is 11.4 Å². The number of hydrogen-bond donors (Lipinski definition) is 0. The summed E-state index contributed by atoms with van der Waals surface area (Å²) in [5, 5.41) is 12.9. The van der Waals surface area contributed by atoms with Crippen LogP contribution in [0, 0.1) is 11.6 Å². The van der Waals surface area contributed by atoms with E-state index in [0.29, 0.717) is 23.6 Å². The van der Waals surface area contributed by atoms with Gasteiger partial charge in [0.05, 0.1) is 18.3 Å². The van der Waals surface area contributed by atoms with Crippen LogP contribution in [0.3, 0.4) is 0 Å². The number of aromatic nitrogens is 4. The predicted molar refractivity (Wildman–Crippen MR) is 113 cm³/mol. The Balaban J connectivity index is 1.27. The Labute approximate surface area is 178 Å². The van der Waals surface area contributed by atoms with Gasteiger partial charge in [0.25, 0.3) is 0 Å². The van der Waals surface area contributed by atoms with Crippen LogP contribution in [-0.2, 0) is 11.3 Å². The highest BCUT2D eigenvalue weighted by atomic mass is 19.1. The molecule has 5 rings (SSSR count). The van der Waals surface area contributed by atoms with Crippen LogP contribution in [-0.4, -0.2) is 39.0 Å². The molecule has 31 heavy (non-hydrogen) atoms. The third-order valence-corrected chi connectivity index (χ3v) is 5.53. The lowest BCUT2D eigenvalue weighted by Crippen LogP contribution is -2.37. The summed E-state index contributed by atoms with van der Waals surface area (Å²) in [5.41, 5.74) is 1.90. The fraction of sp³-hybridized carbons (Fsp3) is 0.261. The lowest BCUT2D eigenvalue weighted by Gasteiger charge is -2.32. The molecule has 8 heteroatoms. The molecule has 2 aromatic heterocycles. The van der Waals surface area contributed by atoms with Crippen molar-refractivity contribution in [3.05, 3.63) is 77.9 Å². The highest BCUT2D eigenvalue weighted by Gasteiger charge is 2.22. The molecule has 0 aliphatic carbocycles. The summed E-state index contributed by atoms with van der Waals surface area (Å²) in [5.74, 6) is 0.574. The number of anilines is 1. The largest absolute Gasteiger partial charge is 0.373 e. The van der Waals surface area contributed by atoms with Gasteiger partial charge in [-0.15, -0.1) is 15.3 Å². The van der Waals surface area contributed by atoms with E-state index in [1.165, 1.54) is 18.2 Å². The van der Waals surface area contributed by atoms with Crippen LogP contribution in [0.5, 0.6) is 0 Å². The maximum absolute atomic E-state index is 14.2. The van der Waals surface area contributed by atoms with Gasteiger partial charge in [0.2, 0.25) is 0 Å². The fourth-order valence-corrected chi connectivity index (χ4v) is 3.80. The Hall–Kier alpha value is -3.39. The minimum Gasteiger partial charge on any atom is -0.373 e. The molecule has 1 fully saturated rings. The number of halogens is 2. The smallest absolute Gasteiger partial charge is 0.188 e. The van der Waals surface area contributed by atoms with Crippen molar-refractivity contribution in [2.45, 2.75) is 25.6 Å². The van der Waals surface area contributed by atoms with Crippen molar-refractivity contribution >= 4 is 11.5 Å². The Morgan fingerprint density at radius 1 is 0.903 bits per heavy atom. The molecule has 1 aliphatic heterocycles. The number of ether oxygens (including phenoxy) is 1. The van der Waals surface area contributed by atoms with Gasteiger partial charge in [0.1, 0.15) is 17.5 Å². The van der Waals surface area contributed by atoms with Crippen LogP contribution in [0.15, 0.2) is 60.7 Å². The van der Waals surface area contributed by atoms with Crippen molar-refractivity contribution in [2.75, 3.05) is 18.0 Å². The van der Waals surface area contributed by atoms with Gasteiger partial charge < -0.3 is 9.64 Å². The summed E-state index contributed by atoms with van der Waals surface area (Å²) in [4.78, 5) is 2.18. The topological polar surface area (TPSA) is 55.5 Å². The number of fused-ring (bicyclic) bond motifs is 1. The summed E-state index contributed by atoms with van der Waals surface area (Å²) >= 11 is 0. The summed E-state index contributed by atoms with van der Waals surface area (Å²) in [6.45, 7) is 2.06. The highest BCUT2D eigenvalue weighted by molar-refractivity contribution is 5.60. The fourth-order valence-electron chi connectivity index (χ4n) is 3.80. The van der Waals surface area contributed by atoms with Gasteiger partial charge in [-0.05, 0) is 54.8 Å². The number of rotatable bonds is 5. The first-order chi connectivity index (χ1) is 15.2. The molecule has 1 saturated heterocycles. The summed E-state index contributed by atoms with van der Waals surface area (Å²) in [6.07, 6.45) is 1.88. The summed E-state index contributed by atoms with van der Waals surface area (Å²) in [6, 6.07) is 16.6. The van der Waals surface area contributed by atoms with Crippen molar-refractivity contribution in [3.63, 3.8) is 0 Å². The van der Waals surface area contributed by atoms with Gasteiger partial charge in [0.15, 0.2) is 11.5 Å². The van der Waals surface area contributed by atoms with Crippen LogP contribution in [0.1, 0.15) is 18.4 Å². The average Bonchev–Trinajstić information content (AvgIpc) is 3.22. The molecule has 0 atom stereocenters. The second-order valence-electron chi connectivity index (χ2n) is 7.59. The van der Waals surface area contributed by atoms with Crippen LogP contribution in [0.25, 0.3) is 17.0 Å². The van der Waals surface area contributed by atoms with Crippen molar-refractivity contribution in [2.24, 2.45) is 0 Å². The number of hydrogen-bond acceptors (Lipinski definition) is 5. The molecule has 4 aromatic rings. The van der Waals surface area contributed by atoms with E-state index in [9.17, 15) is 8.78 Å². The second kappa shape index (κ2) is 8.39. The Kier molecular flexibility index (Phi) is 5.30. The Morgan fingerprint density at radius 3 is 2.45 bits per heavy atom. The molecule has 0 amide bonds. The normalized spacial score (nSPS) is 15.0. The quantitative estimate of drug-likeness (QED) is 0.482. The molecule has 6 nitrogen and oxygen atoms in total. The predicted octanol–water partition coefficient (Wildman–Crippen LogP) is 4.26. The van der Waals surface area contributed by atoms with Crippen LogP contribution < -0.4 is 4.90 Å². The van der Waals surface area contributed by atoms with Gasteiger partial charge in [-0.3, -0.25) is 0 Å². The SMILES string of the molecule is Fc1ccc(COC2CCN(c3ccc4nnc(-c5ccccc5F)n4n3)CC2)cc1. The average molecular weight is 421 g/mol. The zero-order valence-electron chi connectivity index (χ0n) is 16.8. The summed E-state index contributed by atoms with van der Waals surface area (Å²) < 4.78 is 34.9. The van der Waals surface area contributed by atoms with Crippen LogP contribution >= 0.6 is 0 Å². The minimum absolute atomic E-state index is 0.147. The standard InChI is InChI=1S/C23H21F2N5O/c24-17-7-5-16(6-8-17)15-31-18-11-13-29(14-12-18)22-10-9-21-26-27-23(30(21)28-22)19-3-1-2-4-20(19)25/h1-10,18H,11-15H2. The molecule has 1 aliphatic rings. The zero-order valence-corrected chi connectivity index (χ0v) is 16.8. The van der Waals surface area contributed by atoms with E-state index in [1.807, 2.05) is 12.1 Å². The van der Waals surface area contributed by atoms with Gasteiger partial charge in [-0.2, -0.15) is 4.52 Å². The van der Waals surface area contributed by atoms with E-state index in [2.05, 4.69) is 20.2 Å². The molecule has 3 heterocycles. The Morgan fingerprint density at radius 2 is 1.68 bits per heavy atom. The van der Waals surface area contributed by atoms with E-state index in [0.717, 1.165) is 37.3 Å². The van der Waals surface area contributed by atoms with E-state index in [-0.39, 0.29) is 17.7 Å². The monoisotopic (exact) mass is 421 g/mol. The maximum Gasteiger partial charge on any atom is 0.188 e. The highest BCUT2D eigenvalue weighted by Crippen LogP contribution is 2.24. The van der Waals surface area contributed by atoms with E-state index in [1.54, 1.807) is 34.8 Å². The van der Waals surface area contributed by atoms with Crippen LogP contribution in [0.4, 0.5) is 14.6 Å². The number of benzene rings is 2. The molecule has 0 saturated carbocycles. The molecule has 2 aromatic carbocycles. The third-order valence-electron chi connectivity index (χ3n) is 5.53. The third kappa shape index (κ3) is 4.11. The molecule has 0 N–H and O–H groups in total. The van der Waals surface area contributed by atoms with Gasteiger partial charge >= 0.3 is 0 Å². The first-order valence-electron chi connectivity index (χ1n) is 10.3. The molecule has 0 spiro atoms. The molecule has 0 unspecified atom stereocenters. The van der Waals surface area contributed by atoms with E-state index >= 15 is 0 Å².